The summed E-state index contributed by atoms with van der Waals surface area (Å²) in [6, 6.07) is 4.40. The van der Waals surface area contributed by atoms with E-state index in [1.165, 1.54) is 9.75 Å². The zero-order valence-corrected chi connectivity index (χ0v) is 9.35. The molecular weight excluding hydrogens is 194 g/mol. The second kappa shape index (κ2) is 4.43. The van der Waals surface area contributed by atoms with Crippen molar-refractivity contribution in [3.8, 4) is 0 Å². The van der Waals surface area contributed by atoms with E-state index in [4.69, 9.17) is 10.5 Å². The van der Waals surface area contributed by atoms with Crippen LogP contribution in [-0.4, -0.2) is 13.2 Å². The minimum atomic E-state index is 0.269. The van der Waals surface area contributed by atoms with Crippen LogP contribution in [0.25, 0.3) is 0 Å². The summed E-state index contributed by atoms with van der Waals surface area (Å²) in [5, 5.41) is 0. The number of nitrogens with two attached hydrogens (primary N) is 1. The molecule has 2 atom stereocenters. The van der Waals surface area contributed by atoms with E-state index >= 15 is 0 Å². The molecule has 1 aliphatic rings. The van der Waals surface area contributed by atoms with Crippen molar-refractivity contribution in [1.82, 2.24) is 0 Å². The number of thiophene rings is 1. The number of aryl methyl sites for hydroxylation is 1. The molecule has 1 saturated heterocycles. The van der Waals surface area contributed by atoms with E-state index in [9.17, 15) is 0 Å². The third kappa shape index (κ3) is 1.85. The first-order valence-electron chi connectivity index (χ1n) is 5.25. The molecule has 2 heterocycles. The fraction of sp³-hybridized carbons (Fsp3) is 0.636. The van der Waals surface area contributed by atoms with E-state index in [0.29, 0.717) is 5.92 Å². The van der Waals surface area contributed by atoms with Crippen LogP contribution in [0.3, 0.4) is 0 Å². The van der Waals surface area contributed by atoms with Crippen molar-refractivity contribution in [2.75, 3.05) is 13.2 Å². The van der Waals surface area contributed by atoms with E-state index in [0.717, 1.165) is 26.0 Å². The van der Waals surface area contributed by atoms with Crippen molar-refractivity contribution in [2.24, 2.45) is 11.7 Å². The van der Waals surface area contributed by atoms with Gasteiger partial charge in [0.2, 0.25) is 0 Å². The minimum Gasteiger partial charge on any atom is -0.372 e. The maximum absolute atomic E-state index is 5.73. The van der Waals surface area contributed by atoms with Crippen LogP contribution in [0.4, 0.5) is 0 Å². The van der Waals surface area contributed by atoms with E-state index in [-0.39, 0.29) is 6.10 Å². The second-order valence-electron chi connectivity index (χ2n) is 3.73. The Kier molecular flexibility index (Phi) is 3.21. The van der Waals surface area contributed by atoms with Gasteiger partial charge in [-0.25, -0.2) is 0 Å². The van der Waals surface area contributed by atoms with E-state index in [2.05, 4.69) is 19.1 Å². The van der Waals surface area contributed by atoms with Gasteiger partial charge in [0.15, 0.2) is 0 Å². The maximum Gasteiger partial charge on any atom is 0.0957 e. The lowest BCUT2D eigenvalue weighted by molar-refractivity contribution is 0.0953. The van der Waals surface area contributed by atoms with Crippen LogP contribution in [0.2, 0.25) is 0 Å². The van der Waals surface area contributed by atoms with Crippen molar-refractivity contribution in [3.05, 3.63) is 21.9 Å². The molecule has 0 saturated carbocycles. The largest absolute Gasteiger partial charge is 0.372 e. The minimum absolute atomic E-state index is 0.269. The summed E-state index contributed by atoms with van der Waals surface area (Å²) >= 11 is 1.87. The number of hydrogen-bond acceptors (Lipinski definition) is 3. The lowest BCUT2D eigenvalue weighted by Crippen LogP contribution is -2.17. The molecule has 2 rings (SSSR count). The molecule has 3 heteroatoms. The summed E-state index contributed by atoms with van der Waals surface area (Å²) in [5.74, 6) is 0.526. The van der Waals surface area contributed by atoms with Gasteiger partial charge in [-0.1, -0.05) is 6.92 Å². The van der Waals surface area contributed by atoms with Gasteiger partial charge in [0, 0.05) is 22.3 Å². The molecule has 14 heavy (non-hydrogen) atoms. The third-order valence-corrected chi connectivity index (χ3v) is 4.12. The smallest absolute Gasteiger partial charge is 0.0957 e. The van der Waals surface area contributed by atoms with Crippen LogP contribution in [0.15, 0.2) is 12.1 Å². The first-order chi connectivity index (χ1) is 6.85. The summed E-state index contributed by atoms with van der Waals surface area (Å²) in [6.07, 6.45) is 2.50. The third-order valence-electron chi connectivity index (χ3n) is 2.83. The molecule has 0 aliphatic carbocycles. The molecule has 2 nitrogen and oxygen atoms in total. The van der Waals surface area contributed by atoms with Crippen LogP contribution in [-0.2, 0) is 11.2 Å². The van der Waals surface area contributed by atoms with Crippen molar-refractivity contribution >= 4 is 11.3 Å². The zero-order chi connectivity index (χ0) is 9.97. The zero-order valence-electron chi connectivity index (χ0n) is 8.53. The number of rotatable bonds is 3. The van der Waals surface area contributed by atoms with Gasteiger partial charge in [-0.3, -0.25) is 0 Å². The summed E-state index contributed by atoms with van der Waals surface area (Å²) in [5.41, 5.74) is 5.73. The van der Waals surface area contributed by atoms with Crippen molar-refractivity contribution < 1.29 is 4.74 Å². The van der Waals surface area contributed by atoms with Crippen LogP contribution in [0.5, 0.6) is 0 Å². The van der Waals surface area contributed by atoms with Crippen molar-refractivity contribution in [2.45, 2.75) is 25.9 Å². The number of hydrogen-bond donors (Lipinski definition) is 1. The molecule has 0 spiro atoms. The van der Waals surface area contributed by atoms with E-state index < -0.39 is 0 Å². The molecule has 1 aromatic rings. The van der Waals surface area contributed by atoms with Gasteiger partial charge in [0.05, 0.1) is 6.10 Å². The first kappa shape index (κ1) is 10.1. The summed E-state index contributed by atoms with van der Waals surface area (Å²) < 4.78 is 5.73. The molecule has 78 valence electrons. The lowest BCUT2D eigenvalue weighted by Gasteiger charge is -2.14. The lowest BCUT2D eigenvalue weighted by atomic mass is 10.0. The normalized spacial score (nSPS) is 27.0. The monoisotopic (exact) mass is 211 g/mol. The van der Waals surface area contributed by atoms with Gasteiger partial charge in [0.1, 0.15) is 0 Å². The van der Waals surface area contributed by atoms with Gasteiger partial charge >= 0.3 is 0 Å². The molecule has 0 radical (unpaired) electrons. The number of ether oxygens (including phenoxy) is 1. The molecule has 2 N–H and O–H groups in total. The van der Waals surface area contributed by atoms with Gasteiger partial charge < -0.3 is 10.5 Å². The van der Waals surface area contributed by atoms with Gasteiger partial charge in [-0.2, -0.15) is 0 Å². The molecule has 0 bridgehead atoms. The topological polar surface area (TPSA) is 35.2 Å². The molecule has 1 aliphatic heterocycles. The Labute approximate surface area is 89.1 Å². The van der Waals surface area contributed by atoms with Crippen LogP contribution < -0.4 is 5.73 Å². The predicted molar refractivity (Wildman–Crippen MR) is 59.6 cm³/mol. The van der Waals surface area contributed by atoms with Crippen molar-refractivity contribution in [1.29, 1.82) is 0 Å². The summed E-state index contributed by atoms with van der Waals surface area (Å²) in [4.78, 5) is 2.79. The van der Waals surface area contributed by atoms with Gasteiger partial charge in [-0.05, 0) is 31.5 Å². The Hall–Kier alpha value is -0.380. The van der Waals surface area contributed by atoms with Crippen LogP contribution >= 0.6 is 11.3 Å². The van der Waals surface area contributed by atoms with Gasteiger partial charge in [-0.15, -0.1) is 11.3 Å². The van der Waals surface area contributed by atoms with E-state index in [1.807, 2.05) is 11.3 Å². The Bertz CT molecular complexity index is 297. The highest BCUT2D eigenvalue weighted by Gasteiger charge is 2.29. The quantitative estimate of drug-likeness (QED) is 0.833. The second-order valence-corrected chi connectivity index (χ2v) is 4.93. The molecule has 0 amide bonds. The fourth-order valence-electron chi connectivity index (χ4n) is 1.93. The Balaban J connectivity index is 2.13. The first-order valence-corrected chi connectivity index (χ1v) is 6.07. The van der Waals surface area contributed by atoms with Gasteiger partial charge in [0.25, 0.3) is 0 Å². The average Bonchev–Trinajstić information content (AvgIpc) is 2.85. The summed E-state index contributed by atoms with van der Waals surface area (Å²) in [6.45, 7) is 3.79. The predicted octanol–water partition coefficient (Wildman–Crippen LogP) is 2.35. The van der Waals surface area contributed by atoms with Crippen LogP contribution in [0, 0.1) is 5.92 Å². The Morgan fingerprint density at radius 1 is 1.57 bits per heavy atom. The fourth-order valence-corrected chi connectivity index (χ4v) is 3.02. The van der Waals surface area contributed by atoms with Crippen molar-refractivity contribution in [3.63, 3.8) is 0 Å². The molecule has 1 aromatic heterocycles. The SMILES string of the molecule is CCc1ccc(C2OCCC2CN)s1. The summed E-state index contributed by atoms with van der Waals surface area (Å²) in [7, 11) is 0. The average molecular weight is 211 g/mol. The Morgan fingerprint density at radius 3 is 3.07 bits per heavy atom. The van der Waals surface area contributed by atoms with Crippen LogP contribution in [0.1, 0.15) is 29.2 Å². The maximum atomic E-state index is 5.73. The van der Waals surface area contributed by atoms with E-state index in [1.54, 1.807) is 0 Å². The molecular formula is C11H17NOS. The highest BCUT2D eigenvalue weighted by Crippen LogP contribution is 2.37. The standard InChI is InChI=1S/C11H17NOS/c1-2-9-3-4-10(14-9)11-8(7-12)5-6-13-11/h3-4,8,11H,2,5-7,12H2,1H3. The highest BCUT2D eigenvalue weighted by molar-refractivity contribution is 7.12. The molecule has 0 aromatic carbocycles. The highest BCUT2D eigenvalue weighted by atomic mass is 32.1. The Morgan fingerprint density at radius 2 is 2.43 bits per heavy atom. The molecule has 2 unspecified atom stereocenters. The molecule has 1 fully saturated rings.